The molecule has 2 N–H and O–H groups in total. The second-order valence-electron chi connectivity index (χ2n) is 6.97. The lowest BCUT2D eigenvalue weighted by Crippen LogP contribution is -2.32. The highest BCUT2D eigenvalue weighted by atomic mass is 16.4. The van der Waals surface area contributed by atoms with Crippen molar-refractivity contribution in [3.63, 3.8) is 0 Å². The number of aliphatic carboxylic acids is 1. The summed E-state index contributed by atoms with van der Waals surface area (Å²) in [4.78, 5) is 23.7. The lowest BCUT2D eigenvalue weighted by molar-refractivity contribution is -0.137. The van der Waals surface area contributed by atoms with Gasteiger partial charge in [-0.25, -0.2) is 0 Å². The Hall–Kier alpha value is -2.36. The van der Waals surface area contributed by atoms with E-state index in [2.05, 4.69) is 19.2 Å². The number of benzene rings is 2. The van der Waals surface area contributed by atoms with Gasteiger partial charge >= 0.3 is 5.97 Å². The number of carboxylic acid groups (broad SMARTS) is 1. The predicted molar refractivity (Wildman–Crippen MR) is 89.0 cm³/mol. The number of rotatable bonds is 5. The Bertz CT molecular complexity index is 761. The van der Waals surface area contributed by atoms with Crippen molar-refractivity contribution in [3.8, 4) is 0 Å². The topological polar surface area (TPSA) is 66.4 Å². The van der Waals surface area contributed by atoms with Crippen molar-refractivity contribution in [2.45, 2.75) is 32.7 Å². The number of carbonyl (C=O) groups excluding carboxylic acids is 1. The molecule has 3 rings (SSSR count). The number of carboxylic acids is 1. The number of hydrogen-bond acceptors (Lipinski definition) is 2. The second-order valence-corrected chi connectivity index (χ2v) is 6.97. The second kappa shape index (κ2) is 5.69. The minimum absolute atomic E-state index is 0.0197. The Morgan fingerprint density at radius 1 is 1.22 bits per heavy atom. The number of amides is 1. The highest BCUT2D eigenvalue weighted by Gasteiger charge is 2.50. The summed E-state index contributed by atoms with van der Waals surface area (Å²) in [5, 5.41) is 14.2. The molecule has 0 aliphatic heterocycles. The first kappa shape index (κ1) is 15.5. The zero-order valence-corrected chi connectivity index (χ0v) is 13.4. The van der Waals surface area contributed by atoms with Crippen molar-refractivity contribution in [2.24, 2.45) is 11.3 Å². The minimum atomic E-state index is -0.918. The van der Waals surface area contributed by atoms with Crippen LogP contribution in [0.5, 0.6) is 0 Å². The fourth-order valence-corrected chi connectivity index (χ4v) is 3.15. The predicted octanol–water partition coefficient (Wildman–Crippen LogP) is 3.52. The van der Waals surface area contributed by atoms with Crippen LogP contribution in [0.1, 0.15) is 38.3 Å². The molecule has 0 unspecified atom stereocenters. The number of hydrogen-bond donors (Lipinski definition) is 2. The average molecular weight is 311 g/mol. The van der Waals surface area contributed by atoms with E-state index in [0.717, 1.165) is 22.8 Å². The van der Waals surface area contributed by atoms with Crippen molar-refractivity contribution in [3.05, 3.63) is 48.0 Å². The number of carbonyl (C=O) groups is 2. The van der Waals surface area contributed by atoms with Crippen molar-refractivity contribution >= 4 is 22.6 Å². The Morgan fingerprint density at radius 2 is 1.87 bits per heavy atom. The zero-order chi connectivity index (χ0) is 16.6. The monoisotopic (exact) mass is 311 g/mol. The number of nitrogens with one attached hydrogen (secondary N) is 1. The van der Waals surface area contributed by atoms with Crippen LogP contribution < -0.4 is 5.32 Å². The van der Waals surface area contributed by atoms with E-state index in [4.69, 9.17) is 0 Å². The van der Waals surface area contributed by atoms with Gasteiger partial charge in [0.15, 0.2) is 0 Å². The van der Waals surface area contributed by atoms with Gasteiger partial charge in [-0.3, -0.25) is 9.59 Å². The van der Waals surface area contributed by atoms with Crippen LogP contribution in [-0.4, -0.2) is 17.0 Å². The van der Waals surface area contributed by atoms with Gasteiger partial charge in [0, 0.05) is 5.92 Å². The normalized spacial score (nSPS) is 20.0. The van der Waals surface area contributed by atoms with Gasteiger partial charge in [-0.1, -0.05) is 56.3 Å². The van der Waals surface area contributed by atoms with Gasteiger partial charge in [0.2, 0.25) is 5.91 Å². The third-order valence-corrected chi connectivity index (χ3v) is 4.72. The van der Waals surface area contributed by atoms with Crippen LogP contribution >= 0.6 is 0 Å². The zero-order valence-electron chi connectivity index (χ0n) is 13.4. The lowest BCUT2D eigenvalue weighted by atomic mass is 9.96. The first-order valence-electron chi connectivity index (χ1n) is 7.88. The van der Waals surface area contributed by atoms with E-state index < -0.39 is 12.0 Å². The van der Waals surface area contributed by atoms with Crippen LogP contribution in [0.25, 0.3) is 10.8 Å². The van der Waals surface area contributed by atoms with Crippen LogP contribution in [0.4, 0.5) is 0 Å². The van der Waals surface area contributed by atoms with Crippen LogP contribution in [0.15, 0.2) is 42.5 Å². The highest BCUT2D eigenvalue weighted by molar-refractivity contribution is 5.88. The fraction of sp³-hybridized carbons (Fsp3) is 0.368. The van der Waals surface area contributed by atoms with Gasteiger partial charge in [0.25, 0.3) is 0 Å². The first-order valence-corrected chi connectivity index (χ1v) is 7.88. The van der Waals surface area contributed by atoms with E-state index in [1.54, 1.807) is 0 Å². The largest absolute Gasteiger partial charge is 0.481 e. The minimum Gasteiger partial charge on any atom is -0.481 e. The summed E-state index contributed by atoms with van der Waals surface area (Å²) >= 11 is 0. The van der Waals surface area contributed by atoms with Crippen molar-refractivity contribution in [2.75, 3.05) is 0 Å². The average Bonchev–Trinajstić information content (AvgIpc) is 3.14. The van der Waals surface area contributed by atoms with E-state index in [1.807, 2.05) is 42.5 Å². The molecule has 2 aromatic rings. The van der Waals surface area contributed by atoms with Crippen molar-refractivity contribution < 1.29 is 14.7 Å². The standard InChI is InChI=1S/C19H21NO3/c1-19(2)11-15(19)18(23)20-16(10-17(21)22)14-9-5-7-12-6-3-4-8-13(12)14/h3-9,15-16H,10-11H2,1-2H3,(H,20,23)(H,21,22)/t15-,16-/m1/s1. The molecule has 2 atom stereocenters. The van der Waals surface area contributed by atoms with Gasteiger partial charge in [0.1, 0.15) is 0 Å². The molecule has 1 saturated carbocycles. The molecule has 0 heterocycles. The Labute approximate surface area is 135 Å². The maximum Gasteiger partial charge on any atom is 0.305 e. The Kier molecular flexibility index (Phi) is 3.84. The summed E-state index contributed by atoms with van der Waals surface area (Å²) in [6.07, 6.45) is 0.737. The first-order chi connectivity index (χ1) is 10.9. The molecule has 2 aromatic carbocycles. The molecule has 0 bridgehead atoms. The molecule has 1 aliphatic carbocycles. The van der Waals surface area contributed by atoms with E-state index in [-0.39, 0.29) is 23.7 Å². The molecule has 120 valence electrons. The summed E-state index contributed by atoms with van der Waals surface area (Å²) in [7, 11) is 0. The van der Waals surface area contributed by atoms with E-state index >= 15 is 0 Å². The molecular weight excluding hydrogens is 290 g/mol. The number of fused-ring (bicyclic) bond motifs is 1. The molecular formula is C19H21NO3. The van der Waals surface area contributed by atoms with Crippen LogP contribution in [0.3, 0.4) is 0 Å². The molecule has 23 heavy (non-hydrogen) atoms. The lowest BCUT2D eigenvalue weighted by Gasteiger charge is -2.20. The van der Waals surface area contributed by atoms with Gasteiger partial charge in [0.05, 0.1) is 12.5 Å². The van der Waals surface area contributed by atoms with Crippen LogP contribution in [0.2, 0.25) is 0 Å². The maximum atomic E-state index is 12.4. The van der Waals surface area contributed by atoms with Gasteiger partial charge in [-0.05, 0) is 28.2 Å². The molecule has 0 saturated heterocycles. The van der Waals surface area contributed by atoms with Crippen LogP contribution in [-0.2, 0) is 9.59 Å². The van der Waals surface area contributed by atoms with Gasteiger partial charge in [-0.2, -0.15) is 0 Å². The van der Waals surface area contributed by atoms with E-state index in [0.29, 0.717) is 0 Å². The summed E-state index contributed by atoms with van der Waals surface area (Å²) < 4.78 is 0. The van der Waals surface area contributed by atoms with Gasteiger partial charge in [-0.15, -0.1) is 0 Å². The molecule has 1 fully saturated rings. The summed E-state index contributed by atoms with van der Waals surface area (Å²) in [5.41, 5.74) is 0.883. The molecule has 4 nitrogen and oxygen atoms in total. The van der Waals surface area contributed by atoms with Gasteiger partial charge < -0.3 is 10.4 Å². The van der Waals surface area contributed by atoms with E-state index in [1.165, 1.54) is 0 Å². The Morgan fingerprint density at radius 3 is 2.52 bits per heavy atom. The summed E-state index contributed by atoms with van der Waals surface area (Å²) in [5.74, 6) is -0.985. The molecule has 0 aromatic heterocycles. The third-order valence-electron chi connectivity index (χ3n) is 4.72. The summed E-state index contributed by atoms with van der Waals surface area (Å²) in [6.45, 7) is 4.11. The van der Waals surface area contributed by atoms with Crippen molar-refractivity contribution in [1.82, 2.24) is 5.32 Å². The fourth-order valence-electron chi connectivity index (χ4n) is 3.15. The maximum absolute atomic E-state index is 12.4. The summed E-state index contributed by atoms with van der Waals surface area (Å²) in [6, 6.07) is 13.1. The smallest absolute Gasteiger partial charge is 0.305 e. The quantitative estimate of drug-likeness (QED) is 0.888. The Balaban J connectivity index is 1.92. The highest BCUT2D eigenvalue weighted by Crippen LogP contribution is 2.51. The van der Waals surface area contributed by atoms with Crippen LogP contribution in [0, 0.1) is 11.3 Å². The van der Waals surface area contributed by atoms with Crippen molar-refractivity contribution in [1.29, 1.82) is 0 Å². The van der Waals surface area contributed by atoms with E-state index in [9.17, 15) is 14.7 Å². The molecule has 0 spiro atoms. The molecule has 0 radical (unpaired) electrons. The molecule has 4 heteroatoms. The molecule has 1 aliphatic rings. The third kappa shape index (κ3) is 3.21. The molecule has 1 amide bonds. The SMILES string of the molecule is CC1(C)C[C@@H]1C(=O)N[C@H](CC(=O)O)c1cccc2ccccc12.